The van der Waals surface area contributed by atoms with Crippen LogP contribution in [-0.2, 0) is 4.79 Å². The summed E-state index contributed by atoms with van der Waals surface area (Å²) in [6.07, 6.45) is 2.91. The van der Waals surface area contributed by atoms with Crippen LogP contribution in [0, 0.1) is 5.92 Å². The summed E-state index contributed by atoms with van der Waals surface area (Å²) in [7, 11) is 0. The molecule has 66 valence electrons. The molecule has 11 heavy (non-hydrogen) atoms. The molecule has 1 aliphatic rings. The molecule has 2 nitrogen and oxygen atoms in total. The average Bonchev–Trinajstić information content (AvgIpc) is 2.31. The van der Waals surface area contributed by atoms with Crippen molar-refractivity contribution in [2.75, 3.05) is 6.54 Å². The summed E-state index contributed by atoms with van der Waals surface area (Å²) >= 11 is 0. The van der Waals surface area contributed by atoms with Crippen LogP contribution in [0.2, 0.25) is 0 Å². The quantitative estimate of drug-likeness (QED) is 0.674. The van der Waals surface area contributed by atoms with Crippen molar-refractivity contribution in [3.05, 3.63) is 0 Å². The van der Waals surface area contributed by atoms with Gasteiger partial charge in [0.2, 0.25) is 0 Å². The first-order valence-corrected chi connectivity index (χ1v) is 4.46. The lowest BCUT2D eigenvalue weighted by molar-refractivity contribution is -0.119. The molecule has 0 aromatic rings. The SMILES string of the molecule is CC(C)CNC1CCCC1=O.[HH]. The number of nitrogens with one attached hydrogen (secondary N) is 1. The number of hydrogen-bond acceptors (Lipinski definition) is 2. The number of ketones is 1. The van der Waals surface area contributed by atoms with Gasteiger partial charge in [-0.3, -0.25) is 4.79 Å². The van der Waals surface area contributed by atoms with Gasteiger partial charge in [-0.25, -0.2) is 0 Å². The van der Waals surface area contributed by atoms with Crippen LogP contribution < -0.4 is 5.32 Å². The molecule has 0 aliphatic heterocycles. The van der Waals surface area contributed by atoms with Crippen molar-refractivity contribution in [1.82, 2.24) is 5.32 Å². The zero-order valence-electron chi connectivity index (χ0n) is 7.39. The Morgan fingerprint density at radius 2 is 2.45 bits per heavy atom. The number of rotatable bonds is 3. The first-order chi connectivity index (χ1) is 5.20. The molecule has 1 N–H and O–H groups in total. The fourth-order valence-corrected chi connectivity index (χ4v) is 1.41. The summed E-state index contributed by atoms with van der Waals surface area (Å²) in [5.74, 6) is 1.05. The zero-order chi connectivity index (χ0) is 8.27. The van der Waals surface area contributed by atoms with Gasteiger partial charge in [-0.15, -0.1) is 0 Å². The predicted molar refractivity (Wildman–Crippen MR) is 47.6 cm³/mol. The number of hydrogen-bond donors (Lipinski definition) is 1. The Bertz CT molecular complexity index is 147. The first kappa shape index (κ1) is 8.72. The normalized spacial score (nSPS) is 25.0. The van der Waals surface area contributed by atoms with Gasteiger partial charge in [-0.05, 0) is 25.3 Å². The Morgan fingerprint density at radius 1 is 1.73 bits per heavy atom. The van der Waals surface area contributed by atoms with Crippen LogP contribution in [0.3, 0.4) is 0 Å². The molecule has 0 amide bonds. The van der Waals surface area contributed by atoms with E-state index in [1.54, 1.807) is 0 Å². The van der Waals surface area contributed by atoms with Crippen LogP contribution in [0.5, 0.6) is 0 Å². The first-order valence-electron chi connectivity index (χ1n) is 4.46. The minimum absolute atomic E-state index is 0. The smallest absolute Gasteiger partial charge is 0.149 e. The molecule has 1 aliphatic carbocycles. The minimum atomic E-state index is 0. The molecule has 0 heterocycles. The highest BCUT2D eigenvalue weighted by molar-refractivity contribution is 5.85. The van der Waals surface area contributed by atoms with Crippen molar-refractivity contribution < 1.29 is 6.22 Å². The van der Waals surface area contributed by atoms with Crippen molar-refractivity contribution in [3.63, 3.8) is 0 Å². The molecule has 2 heteroatoms. The molecule has 1 unspecified atom stereocenters. The second kappa shape index (κ2) is 3.86. The Labute approximate surface area is 69.8 Å². The Morgan fingerprint density at radius 3 is 2.91 bits per heavy atom. The van der Waals surface area contributed by atoms with E-state index in [1.807, 2.05) is 0 Å². The Kier molecular flexibility index (Phi) is 3.06. The third-order valence-corrected chi connectivity index (χ3v) is 2.08. The van der Waals surface area contributed by atoms with E-state index in [1.165, 1.54) is 0 Å². The van der Waals surface area contributed by atoms with Gasteiger partial charge in [-0.2, -0.15) is 0 Å². The molecule has 0 aromatic carbocycles. The molecule has 0 aromatic heterocycles. The van der Waals surface area contributed by atoms with E-state index >= 15 is 0 Å². The molecule has 1 rings (SSSR count). The van der Waals surface area contributed by atoms with Crippen LogP contribution in [0.15, 0.2) is 0 Å². The summed E-state index contributed by atoms with van der Waals surface area (Å²) in [4.78, 5) is 11.1. The Balaban J connectivity index is 0.00000121. The van der Waals surface area contributed by atoms with Gasteiger partial charge in [0.15, 0.2) is 0 Å². The lowest BCUT2D eigenvalue weighted by Crippen LogP contribution is -2.34. The van der Waals surface area contributed by atoms with Gasteiger partial charge in [-0.1, -0.05) is 13.8 Å². The molecule has 0 saturated heterocycles. The van der Waals surface area contributed by atoms with Crippen molar-refractivity contribution in [3.8, 4) is 0 Å². The van der Waals surface area contributed by atoms with Gasteiger partial charge in [0.05, 0.1) is 6.04 Å². The molecule has 0 spiro atoms. The van der Waals surface area contributed by atoms with Gasteiger partial charge >= 0.3 is 0 Å². The van der Waals surface area contributed by atoms with Crippen LogP contribution in [0.1, 0.15) is 34.5 Å². The standard InChI is InChI=1S/C9H17NO.H2/c1-7(2)6-10-8-4-3-5-9(8)11;/h7-8,10H,3-6H2,1-2H3;1H. The lowest BCUT2D eigenvalue weighted by Gasteiger charge is -2.12. The number of carbonyl (C=O) groups is 1. The van der Waals surface area contributed by atoms with E-state index in [4.69, 9.17) is 0 Å². The molecule has 0 bridgehead atoms. The molecule has 1 atom stereocenters. The molecular weight excluding hydrogens is 138 g/mol. The third kappa shape index (κ3) is 2.62. The van der Waals surface area contributed by atoms with E-state index in [0.717, 1.165) is 25.8 Å². The van der Waals surface area contributed by atoms with Crippen LogP contribution in [0.4, 0.5) is 0 Å². The molecule has 1 fully saturated rings. The fourth-order valence-electron chi connectivity index (χ4n) is 1.41. The molecule has 1 saturated carbocycles. The van der Waals surface area contributed by atoms with E-state index in [-0.39, 0.29) is 7.47 Å². The highest BCUT2D eigenvalue weighted by Crippen LogP contribution is 2.14. The summed E-state index contributed by atoms with van der Waals surface area (Å²) < 4.78 is 0. The fraction of sp³-hybridized carbons (Fsp3) is 0.889. The minimum Gasteiger partial charge on any atom is -0.307 e. The Hall–Kier alpha value is -0.370. The van der Waals surface area contributed by atoms with Crippen molar-refractivity contribution in [1.29, 1.82) is 0 Å². The van der Waals surface area contributed by atoms with Crippen LogP contribution >= 0.6 is 0 Å². The largest absolute Gasteiger partial charge is 0.307 e. The maximum absolute atomic E-state index is 11.1. The predicted octanol–water partition coefficient (Wildman–Crippen LogP) is 1.60. The zero-order valence-corrected chi connectivity index (χ0v) is 7.39. The third-order valence-electron chi connectivity index (χ3n) is 2.08. The van der Waals surface area contributed by atoms with E-state index < -0.39 is 0 Å². The van der Waals surface area contributed by atoms with Crippen LogP contribution in [-0.4, -0.2) is 18.4 Å². The molecular formula is C9H19NO. The number of carbonyl (C=O) groups excluding carboxylic acids is 1. The summed E-state index contributed by atoms with van der Waals surface area (Å²) in [6.45, 7) is 5.29. The lowest BCUT2D eigenvalue weighted by atomic mass is 10.2. The van der Waals surface area contributed by atoms with Gasteiger partial charge in [0.25, 0.3) is 0 Å². The van der Waals surface area contributed by atoms with Gasteiger partial charge < -0.3 is 5.32 Å². The highest BCUT2D eigenvalue weighted by Gasteiger charge is 2.23. The summed E-state index contributed by atoms with van der Waals surface area (Å²) in [5.41, 5.74) is 0. The van der Waals surface area contributed by atoms with E-state index in [2.05, 4.69) is 19.2 Å². The van der Waals surface area contributed by atoms with Crippen molar-refractivity contribution >= 4 is 5.78 Å². The second-order valence-electron chi connectivity index (χ2n) is 3.71. The topological polar surface area (TPSA) is 29.1 Å². The maximum Gasteiger partial charge on any atom is 0.149 e. The van der Waals surface area contributed by atoms with E-state index in [0.29, 0.717) is 11.7 Å². The number of Topliss-reactive ketones (excluding diaryl/α,β-unsaturated/α-hetero) is 1. The van der Waals surface area contributed by atoms with Gasteiger partial charge in [0.1, 0.15) is 5.78 Å². The van der Waals surface area contributed by atoms with E-state index in [9.17, 15) is 4.79 Å². The maximum atomic E-state index is 11.1. The summed E-state index contributed by atoms with van der Waals surface area (Å²) in [6, 6.07) is 0.178. The molecule has 0 radical (unpaired) electrons. The summed E-state index contributed by atoms with van der Waals surface area (Å²) in [5, 5.41) is 3.28. The van der Waals surface area contributed by atoms with Gasteiger partial charge in [0, 0.05) is 7.85 Å². The highest BCUT2D eigenvalue weighted by atomic mass is 16.1. The second-order valence-corrected chi connectivity index (χ2v) is 3.71. The van der Waals surface area contributed by atoms with Crippen LogP contribution in [0.25, 0.3) is 0 Å². The van der Waals surface area contributed by atoms with Crippen molar-refractivity contribution in [2.24, 2.45) is 5.92 Å². The monoisotopic (exact) mass is 157 g/mol. The average molecular weight is 157 g/mol. The van der Waals surface area contributed by atoms with Crippen molar-refractivity contribution in [2.45, 2.75) is 39.2 Å².